The third-order valence-corrected chi connectivity index (χ3v) is 7.47. The van der Waals surface area contributed by atoms with Gasteiger partial charge in [-0.2, -0.15) is 0 Å². The molecule has 2 aromatic rings. The second kappa shape index (κ2) is 10.8. The minimum absolute atomic E-state index is 0.0706. The average molecular weight is 507 g/mol. The highest BCUT2D eigenvalue weighted by Gasteiger charge is 2.34. The second-order valence-electron chi connectivity index (χ2n) is 9.63. The molecule has 1 aromatic carbocycles. The molecule has 0 aliphatic carbocycles. The number of hydrogen-bond acceptors (Lipinski definition) is 7. The third-order valence-electron chi connectivity index (χ3n) is 7.47. The molecule has 1 unspecified atom stereocenters. The van der Waals surface area contributed by atoms with Crippen LogP contribution in [0.3, 0.4) is 0 Å². The van der Waals surface area contributed by atoms with Crippen molar-refractivity contribution in [1.82, 2.24) is 15.2 Å². The lowest BCUT2D eigenvalue weighted by atomic mass is 10.0. The van der Waals surface area contributed by atoms with E-state index in [1.54, 1.807) is 6.08 Å². The molecular formula is C28H35FN6O2. The van der Waals surface area contributed by atoms with Crippen LogP contribution in [-0.4, -0.2) is 67.8 Å². The summed E-state index contributed by atoms with van der Waals surface area (Å²) >= 11 is 0. The van der Waals surface area contributed by atoms with Gasteiger partial charge in [0.05, 0.1) is 18.8 Å². The van der Waals surface area contributed by atoms with E-state index < -0.39 is 5.82 Å². The van der Waals surface area contributed by atoms with Crippen LogP contribution in [0, 0.1) is 5.82 Å². The molecule has 0 saturated carbocycles. The number of piperidine rings is 1. The van der Waals surface area contributed by atoms with Crippen molar-refractivity contribution in [1.29, 1.82) is 0 Å². The van der Waals surface area contributed by atoms with Gasteiger partial charge in [0.25, 0.3) is 5.91 Å². The number of rotatable bonds is 8. The normalized spacial score (nSPS) is 19.3. The molecule has 4 heterocycles. The zero-order chi connectivity index (χ0) is 25.9. The topological polar surface area (TPSA) is 73.0 Å². The van der Waals surface area contributed by atoms with Gasteiger partial charge in [0.2, 0.25) is 0 Å². The van der Waals surface area contributed by atoms with Crippen molar-refractivity contribution in [3.8, 4) is 0 Å². The number of hydrogen-bond donors (Lipinski definition) is 2. The Kier molecular flexibility index (Phi) is 7.32. The van der Waals surface area contributed by atoms with Crippen molar-refractivity contribution < 1.29 is 13.9 Å². The molecule has 0 spiro atoms. The van der Waals surface area contributed by atoms with Crippen molar-refractivity contribution >= 4 is 28.9 Å². The largest absolute Gasteiger partial charge is 0.378 e. The highest BCUT2D eigenvalue weighted by atomic mass is 19.1. The first-order chi connectivity index (χ1) is 18.0. The van der Waals surface area contributed by atoms with Crippen LogP contribution >= 0.6 is 0 Å². The Labute approximate surface area is 217 Å². The fourth-order valence-corrected chi connectivity index (χ4v) is 5.44. The summed E-state index contributed by atoms with van der Waals surface area (Å²) < 4.78 is 21.3. The molecule has 2 saturated heterocycles. The first kappa shape index (κ1) is 25.1. The summed E-state index contributed by atoms with van der Waals surface area (Å²) in [5.74, 6) is -0.0824. The standard InChI is InChI=1S/C28H35FN6O2/c1-4-19(3)34-12-6-7-22(18-34)35(5-2)27-25(29)23-17-30-28(36)24(23)26(32-27)31-20-8-10-21(11-9-20)33-13-15-37-16-14-33/h4,8-11,22H,1,3,5-7,12-18H2,2H3,(H,30,36)(H,31,32). The van der Waals surface area contributed by atoms with Crippen molar-refractivity contribution in [3.63, 3.8) is 0 Å². The second-order valence-corrected chi connectivity index (χ2v) is 9.63. The number of benzene rings is 1. The number of allylic oxidation sites excluding steroid dienone is 1. The molecule has 1 amide bonds. The molecule has 1 aromatic heterocycles. The van der Waals surface area contributed by atoms with Crippen LogP contribution in [0.4, 0.5) is 27.4 Å². The predicted octanol–water partition coefficient (Wildman–Crippen LogP) is 4.03. The molecule has 3 aliphatic rings. The van der Waals surface area contributed by atoms with Gasteiger partial charge in [0.1, 0.15) is 5.82 Å². The zero-order valence-corrected chi connectivity index (χ0v) is 21.4. The molecule has 9 heteroatoms. The van der Waals surface area contributed by atoms with Crippen LogP contribution in [0.15, 0.2) is 49.2 Å². The van der Waals surface area contributed by atoms with E-state index >= 15 is 4.39 Å². The number of likely N-dealkylation sites (tertiary alicyclic amines) is 1. The molecule has 0 bridgehead atoms. The number of morpholine rings is 1. The summed E-state index contributed by atoms with van der Waals surface area (Å²) in [6, 6.07) is 8.08. The molecule has 5 rings (SSSR count). The third kappa shape index (κ3) is 5.00. The van der Waals surface area contributed by atoms with E-state index in [9.17, 15) is 4.79 Å². The minimum Gasteiger partial charge on any atom is -0.378 e. The molecular weight excluding hydrogens is 471 g/mol. The summed E-state index contributed by atoms with van der Waals surface area (Å²) in [6.07, 6.45) is 3.66. The minimum atomic E-state index is -0.428. The van der Waals surface area contributed by atoms with E-state index in [0.717, 1.165) is 69.3 Å². The van der Waals surface area contributed by atoms with Crippen LogP contribution in [0.25, 0.3) is 0 Å². The maximum atomic E-state index is 15.9. The van der Waals surface area contributed by atoms with Gasteiger partial charge in [-0.15, -0.1) is 0 Å². The summed E-state index contributed by atoms with van der Waals surface area (Å²) in [6.45, 7) is 15.5. The number of likely N-dealkylation sites (N-methyl/N-ethyl adjacent to an activating group) is 1. The monoisotopic (exact) mass is 506 g/mol. The van der Waals surface area contributed by atoms with E-state index in [0.29, 0.717) is 17.9 Å². The Hall–Kier alpha value is -3.59. The lowest BCUT2D eigenvalue weighted by Gasteiger charge is -2.41. The van der Waals surface area contributed by atoms with Crippen molar-refractivity contribution in [2.75, 3.05) is 61.1 Å². The van der Waals surface area contributed by atoms with E-state index in [-0.39, 0.29) is 29.9 Å². The maximum Gasteiger partial charge on any atom is 0.255 e. The van der Waals surface area contributed by atoms with Gasteiger partial charge in [0.15, 0.2) is 11.6 Å². The van der Waals surface area contributed by atoms with Gasteiger partial charge >= 0.3 is 0 Å². The SMILES string of the molecule is C=CC(=C)N1CCCC(N(CC)c2nc(Nc3ccc(N4CCOCC4)cc3)c3c(c2F)CNC3=O)C1. The van der Waals surface area contributed by atoms with Crippen molar-refractivity contribution in [2.24, 2.45) is 0 Å². The van der Waals surface area contributed by atoms with Crippen LogP contribution in [0.2, 0.25) is 0 Å². The number of anilines is 4. The van der Waals surface area contributed by atoms with Gasteiger partial charge in [0, 0.05) is 67.9 Å². The molecule has 37 heavy (non-hydrogen) atoms. The van der Waals surface area contributed by atoms with Crippen molar-refractivity contribution in [2.45, 2.75) is 32.4 Å². The Morgan fingerprint density at radius 2 is 2.05 bits per heavy atom. The molecule has 8 nitrogen and oxygen atoms in total. The molecule has 2 N–H and O–H groups in total. The number of ether oxygens (including phenoxy) is 1. The number of carbonyl (C=O) groups excluding carboxylic acids is 1. The van der Waals surface area contributed by atoms with Crippen molar-refractivity contribution in [3.05, 3.63) is 66.1 Å². The number of pyridine rings is 1. The Bertz CT molecular complexity index is 1180. The number of amides is 1. The van der Waals surface area contributed by atoms with Gasteiger partial charge in [-0.05, 0) is 50.1 Å². The number of aromatic nitrogens is 1. The van der Waals surface area contributed by atoms with E-state index in [2.05, 4.69) is 33.6 Å². The smallest absolute Gasteiger partial charge is 0.255 e. The Morgan fingerprint density at radius 3 is 2.76 bits per heavy atom. The Balaban J connectivity index is 1.45. The van der Waals surface area contributed by atoms with Crippen LogP contribution in [0.1, 0.15) is 35.7 Å². The van der Waals surface area contributed by atoms with E-state index in [4.69, 9.17) is 9.72 Å². The average Bonchev–Trinajstić information content (AvgIpc) is 3.34. The Morgan fingerprint density at radius 1 is 1.30 bits per heavy atom. The number of fused-ring (bicyclic) bond motifs is 1. The number of halogens is 1. The summed E-state index contributed by atoms with van der Waals surface area (Å²) in [5, 5.41) is 6.07. The van der Waals surface area contributed by atoms with Gasteiger partial charge in [-0.1, -0.05) is 13.2 Å². The van der Waals surface area contributed by atoms with E-state index in [1.165, 1.54) is 0 Å². The zero-order valence-electron chi connectivity index (χ0n) is 21.4. The van der Waals surface area contributed by atoms with E-state index in [1.807, 2.05) is 36.1 Å². The fraction of sp³-hybridized carbons (Fsp3) is 0.429. The molecule has 3 aliphatic heterocycles. The summed E-state index contributed by atoms with van der Waals surface area (Å²) in [5.41, 5.74) is 3.42. The highest BCUT2D eigenvalue weighted by Crippen LogP contribution is 2.35. The number of carbonyl (C=O) groups is 1. The summed E-state index contributed by atoms with van der Waals surface area (Å²) in [7, 11) is 0. The van der Waals surface area contributed by atoms with Crippen LogP contribution in [-0.2, 0) is 11.3 Å². The van der Waals surface area contributed by atoms with Crippen LogP contribution < -0.4 is 20.4 Å². The number of nitrogens with one attached hydrogen (secondary N) is 2. The quantitative estimate of drug-likeness (QED) is 0.524. The highest BCUT2D eigenvalue weighted by molar-refractivity contribution is 6.03. The van der Waals surface area contributed by atoms with Gasteiger partial charge in [-0.25, -0.2) is 9.37 Å². The lowest BCUT2D eigenvalue weighted by molar-refractivity contribution is 0.0966. The van der Waals surface area contributed by atoms with Crippen LogP contribution in [0.5, 0.6) is 0 Å². The first-order valence-corrected chi connectivity index (χ1v) is 13.0. The molecule has 2 fully saturated rings. The molecule has 1 atom stereocenters. The number of nitrogens with zero attached hydrogens (tertiary/aromatic N) is 4. The molecule has 196 valence electrons. The van der Waals surface area contributed by atoms with Gasteiger partial charge < -0.3 is 30.1 Å². The lowest BCUT2D eigenvalue weighted by Crippen LogP contribution is -2.48. The first-order valence-electron chi connectivity index (χ1n) is 13.0. The predicted molar refractivity (Wildman–Crippen MR) is 145 cm³/mol. The van der Waals surface area contributed by atoms with Gasteiger partial charge in [-0.3, -0.25) is 4.79 Å². The molecule has 0 radical (unpaired) electrons. The maximum absolute atomic E-state index is 15.9. The fourth-order valence-electron chi connectivity index (χ4n) is 5.44. The summed E-state index contributed by atoms with van der Waals surface area (Å²) in [4.78, 5) is 23.9.